The van der Waals surface area contributed by atoms with Gasteiger partial charge in [0.25, 0.3) is 0 Å². The van der Waals surface area contributed by atoms with Crippen molar-refractivity contribution >= 4 is 29.0 Å². The smallest absolute Gasteiger partial charge is 0.336 e. The van der Waals surface area contributed by atoms with E-state index < -0.39 is 12.1 Å². The summed E-state index contributed by atoms with van der Waals surface area (Å²) in [7, 11) is 1.33. The molecule has 8 heteroatoms. The number of rotatable bonds is 3. The zero-order valence-electron chi connectivity index (χ0n) is 12.3. The topological polar surface area (TPSA) is 90.6 Å². The molecule has 2 heterocycles. The van der Waals surface area contributed by atoms with Crippen molar-refractivity contribution in [1.82, 2.24) is 10.2 Å². The van der Waals surface area contributed by atoms with Gasteiger partial charge in [-0.25, -0.2) is 4.79 Å². The van der Waals surface area contributed by atoms with Crippen LogP contribution in [-0.2, 0) is 14.3 Å². The highest BCUT2D eigenvalue weighted by atomic mass is 32.1. The number of esters is 1. The maximum absolute atomic E-state index is 11.6. The van der Waals surface area contributed by atoms with E-state index in [1.165, 1.54) is 7.11 Å². The maximum atomic E-state index is 11.6. The molecule has 1 aliphatic rings. The second kappa shape index (κ2) is 6.31. The number of carbonyl (C=O) groups is 1. The van der Waals surface area contributed by atoms with Crippen molar-refractivity contribution in [3.8, 4) is 0 Å². The molecule has 0 aliphatic carbocycles. The normalized spacial score (nSPS) is 18.4. The van der Waals surface area contributed by atoms with E-state index in [0.717, 1.165) is 11.3 Å². The first-order valence-corrected chi connectivity index (χ1v) is 6.94. The van der Waals surface area contributed by atoms with E-state index in [1.54, 1.807) is 0 Å². The van der Waals surface area contributed by atoms with Crippen LogP contribution in [0, 0.1) is 13.8 Å². The largest absolute Gasteiger partial charge is 0.467 e. The Morgan fingerprint density at radius 1 is 1.48 bits per heavy atom. The quantitative estimate of drug-likeness (QED) is 0.621. The van der Waals surface area contributed by atoms with Gasteiger partial charge in [-0.2, -0.15) is 5.10 Å². The predicted molar refractivity (Wildman–Crippen MR) is 81.4 cm³/mol. The first kappa shape index (κ1) is 15.6. The standard InChI is InChI=1S/C13H18N4O3S/c1-7-8(2)15-16-12(10(7)11(14)21)17-4-5-20-9(6-17)13(18)19-3/h9H,4-6H2,1-3H3,(H2,14,21). The van der Waals surface area contributed by atoms with Crippen LogP contribution < -0.4 is 10.6 Å². The molecule has 0 bridgehead atoms. The van der Waals surface area contributed by atoms with Gasteiger partial charge in [-0.15, -0.1) is 5.10 Å². The summed E-state index contributed by atoms with van der Waals surface area (Å²) in [4.78, 5) is 13.8. The summed E-state index contributed by atoms with van der Waals surface area (Å²) in [6, 6.07) is 0. The number of methoxy groups -OCH3 is 1. The van der Waals surface area contributed by atoms with Crippen LogP contribution in [-0.4, -0.2) is 54.1 Å². The summed E-state index contributed by atoms with van der Waals surface area (Å²) in [6.45, 7) is 5.07. The van der Waals surface area contributed by atoms with Gasteiger partial charge in [-0.05, 0) is 19.4 Å². The second-order valence-electron chi connectivity index (χ2n) is 4.80. The molecule has 0 aromatic carbocycles. The van der Waals surface area contributed by atoms with Crippen LogP contribution in [0.2, 0.25) is 0 Å². The summed E-state index contributed by atoms with van der Waals surface area (Å²) in [5, 5.41) is 8.33. The molecule has 7 nitrogen and oxygen atoms in total. The third-order valence-corrected chi connectivity index (χ3v) is 3.72. The fourth-order valence-corrected chi connectivity index (χ4v) is 2.47. The molecular weight excluding hydrogens is 292 g/mol. The molecule has 1 aliphatic heterocycles. The van der Waals surface area contributed by atoms with Crippen molar-refractivity contribution in [2.75, 3.05) is 31.7 Å². The molecule has 2 rings (SSSR count). The van der Waals surface area contributed by atoms with Crippen LogP contribution in [0.4, 0.5) is 5.82 Å². The van der Waals surface area contributed by atoms with Crippen LogP contribution in [0.5, 0.6) is 0 Å². The van der Waals surface area contributed by atoms with Gasteiger partial charge in [-0.1, -0.05) is 12.2 Å². The Bertz CT molecular complexity index is 579. The predicted octanol–water partition coefficient (Wildman–Crippen LogP) is 0.106. The Morgan fingerprint density at radius 2 is 2.19 bits per heavy atom. The van der Waals surface area contributed by atoms with E-state index in [9.17, 15) is 4.79 Å². The number of thiocarbonyl (C=S) groups is 1. The molecule has 1 aromatic heterocycles. The van der Waals surface area contributed by atoms with Crippen molar-refractivity contribution in [1.29, 1.82) is 0 Å². The van der Waals surface area contributed by atoms with E-state index >= 15 is 0 Å². The highest BCUT2D eigenvalue weighted by molar-refractivity contribution is 7.80. The first-order chi connectivity index (χ1) is 9.95. The fourth-order valence-electron chi connectivity index (χ4n) is 2.23. The Hall–Kier alpha value is -1.80. The lowest BCUT2D eigenvalue weighted by atomic mass is 10.1. The van der Waals surface area contributed by atoms with Gasteiger partial charge in [0.05, 0.1) is 31.5 Å². The second-order valence-corrected chi connectivity index (χ2v) is 5.24. The van der Waals surface area contributed by atoms with Crippen molar-refractivity contribution < 1.29 is 14.3 Å². The Balaban J connectivity index is 2.35. The number of hydrogen-bond donors (Lipinski definition) is 1. The van der Waals surface area contributed by atoms with Crippen LogP contribution in [0.1, 0.15) is 16.8 Å². The molecule has 114 valence electrons. The van der Waals surface area contributed by atoms with Crippen LogP contribution in [0.25, 0.3) is 0 Å². The van der Waals surface area contributed by atoms with E-state index in [2.05, 4.69) is 10.2 Å². The lowest BCUT2D eigenvalue weighted by Gasteiger charge is -2.33. The summed E-state index contributed by atoms with van der Waals surface area (Å²) < 4.78 is 10.1. The maximum Gasteiger partial charge on any atom is 0.336 e. The van der Waals surface area contributed by atoms with Gasteiger partial charge in [0, 0.05) is 6.54 Å². The number of ether oxygens (including phenoxy) is 2. The molecule has 1 aromatic rings. The Morgan fingerprint density at radius 3 is 2.81 bits per heavy atom. The summed E-state index contributed by atoms with van der Waals surface area (Å²) in [5.74, 6) is 0.177. The third-order valence-electron chi connectivity index (χ3n) is 3.51. The number of carbonyl (C=O) groups excluding carboxylic acids is 1. The first-order valence-electron chi connectivity index (χ1n) is 6.53. The molecule has 1 saturated heterocycles. The molecule has 1 unspecified atom stereocenters. The van der Waals surface area contributed by atoms with Gasteiger partial charge < -0.3 is 20.1 Å². The number of aromatic nitrogens is 2. The van der Waals surface area contributed by atoms with Crippen molar-refractivity contribution in [3.63, 3.8) is 0 Å². The molecule has 21 heavy (non-hydrogen) atoms. The van der Waals surface area contributed by atoms with Gasteiger partial charge in [0.2, 0.25) is 0 Å². The summed E-state index contributed by atoms with van der Waals surface area (Å²) >= 11 is 5.13. The van der Waals surface area contributed by atoms with E-state index in [0.29, 0.717) is 31.1 Å². The summed E-state index contributed by atoms with van der Waals surface area (Å²) in [6.07, 6.45) is -0.647. The van der Waals surface area contributed by atoms with Gasteiger partial charge in [-0.3, -0.25) is 0 Å². The molecule has 0 amide bonds. The van der Waals surface area contributed by atoms with Crippen molar-refractivity contribution in [2.45, 2.75) is 20.0 Å². The molecule has 2 N–H and O–H groups in total. The van der Waals surface area contributed by atoms with Crippen molar-refractivity contribution in [3.05, 3.63) is 16.8 Å². The van der Waals surface area contributed by atoms with Crippen LogP contribution >= 0.6 is 12.2 Å². The lowest BCUT2D eigenvalue weighted by molar-refractivity contribution is -0.154. The Labute approximate surface area is 128 Å². The van der Waals surface area contributed by atoms with Gasteiger partial charge >= 0.3 is 5.97 Å². The molecule has 1 atom stereocenters. The number of hydrogen-bond acceptors (Lipinski definition) is 7. The average molecular weight is 310 g/mol. The molecule has 0 saturated carbocycles. The minimum atomic E-state index is -0.647. The SMILES string of the molecule is COC(=O)C1CN(c2nnc(C)c(C)c2C(N)=S)CCO1. The minimum Gasteiger partial charge on any atom is -0.467 e. The monoisotopic (exact) mass is 310 g/mol. The van der Waals surface area contributed by atoms with E-state index in [-0.39, 0.29) is 4.99 Å². The van der Waals surface area contributed by atoms with Gasteiger partial charge in [0.1, 0.15) is 4.99 Å². The molecule has 0 spiro atoms. The lowest BCUT2D eigenvalue weighted by Crippen LogP contribution is -2.47. The minimum absolute atomic E-state index is 0.265. The Kier molecular flexibility index (Phi) is 4.69. The number of nitrogens with two attached hydrogens (primary N) is 1. The van der Waals surface area contributed by atoms with Crippen molar-refractivity contribution in [2.24, 2.45) is 5.73 Å². The molecular formula is C13H18N4O3S. The highest BCUT2D eigenvalue weighted by Gasteiger charge is 2.30. The highest BCUT2D eigenvalue weighted by Crippen LogP contribution is 2.24. The van der Waals surface area contributed by atoms with Crippen LogP contribution in [0.15, 0.2) is 0 Å². The van der Waals surface area contributed by atoms with E-state index in [4.69, 9.17) is 27.4 Å². The number of anilines is 1. The fraction of sp³-hybridized carbons (Fsp3) is 0.538. The number of nitrogens with zero attached hydrogens (tertiary/aromatic N) is 3. The average Bonchev–Trinajstić information content (AvgIpc) is 2.48. The number of aryl methyl sites for hydroxylation is 1. The zero-order chi connectivity index (χ0) is 15.6. The third kappa shape index (κ3) is 3.11. The van der Waals surface area contributed by atoms with Gasteiger partial charge in [0.15, 0.2) is 11.9 Å². The molecule has 0 radical (unpaired) electrons. The zero-order valence-corrected chi connectivity index (χ0v) is 13.1. The molecule has 1 fully saturated rings. The summed E-state index contributed by atoms with van der Waals surface area (Å²) in [5.41, 5.74) is 8.20. The number of morpholine rings is 1. The van der Waals surface area contributed by atoms with Crippen LogP contribution in [0.3, 0.4) is 0 Å². The van der Waals surface area contributed by atoms with E-state index in [1.807, 2.05) is 18.7 Å².